The van der Waals surface area contributed by atoms with Gasteiger partial charge in [0, 0.05) is 30.1 Å². The van der Waals surface area contributed by atoms with Crippen LogP contribution in [-0.2, 0) is 12.3 Å². The SMILES string of the molecule is CCn1cc(CSc2nc(N)cc(N)n2)cn1. The van der Waals surface area contributed by atoms with Gasteiger partial charge in [-0.05, 0) is 6.92 Å². The zero-order chi connectivity index (χ0) is 12.3. The monoisotopic (exact) mass is 250 g/mol. The van der Waals surface area contributed by atoms with Crippen molar-refractivity contribution >= 4 is 23.4 Å². The first-order chi connectivity index (χ1) is 8.17. The quantitative estimate of drug-likeness (QED) is 0.624. The van der Waals surface area contributed by atoms with Crippen molar-refractivity contribution in [2.45, 2.75) is 24.4 Å². The number of hydrogen-bond donors (Lipinski definition) is 2. The molecule has 2 heterocycles. The Balaban J connectivity index is 2.01. The van der Waals surface area contributed by atoms with Crippen molar-refractivity contribution in [2.24, 2.45) is 0 Å². The van der Waals surface area contributed by atoms with E-state index in [4.69, 9.17) is 11.5 Å². The second kappa shape index (κ2) is 5.05. The Morgan fingerprint density at radius 3 is 2.59 bits per heavy atom. The summed E-state index contributed by atoms with van der Waals surface area (Å²) in [6.07, 6.45) is 3.84. The lowest BCUT2D eigenvalue weighted by Gasteiger charge is -2.01. The molecule has 0 fully saturated rings. The minimum Gasteiger partial charge on any atom is -0.383 e. The molecule has 0 atom stereocenters. The lowest BCUT2D eigenvalue weighted by atomic mass is 10.4. The van der Waals surface area contributed by atoms with Crippen LogP contribution in [0.25, 0.3) is 0 Å². The van der Waals surface area contributed by atoms with Crippen molar-refractivity contribution in [3.05, 3.63) is 24.0 Å². The predicted octanol–water partition coefficient (Wildman–Crippen LogP) is 1.15. The second-order valence-electron chi connectivity index (χ2n) is 3.49. The molecular weight excluding hydrogens is 236 g/mol. The molecule has 0 spiro atoms. The van der Waals surface area contributed by atoms with Gasteiger partial charge in [0.1, 0.15) is 11.6 Å². The Kier molecular flexibility index (Phi) is 3.48. The number of aromatic nitrogens is 4. The molecule has 0 saturated heterocycles. The van der Waals surface area contributed by atoms with Crippen LogP contribution in [0.3, 0.4) is 0 Å². The number of rotatable bonds is 4. The number of hydrogen-bond acceptors (Lipinski definition) is 6. The van der Waals surface area contributed by atoms with Crippen LogP contribution in [0.5, 0.6) is 0 Å². The second-order valence-corrected chi connectivity index (χ2v) is 4.44. The van der Waals surface area contributed by atoms with Gasteiger partial charge >= 0.3 is 0 Å². The van der Waals surface area contributed by atoms with Gasteiger partial charge in [0.05, 0.1) is 6.20 Å². The maximum atomic E-state index is 5.59. The Bertz CT molecular complexity index is 489. The van der Waals surface area contributed by atoms with Crippen LogP contribution >= 0.6 is 11.8 Å². The fourth-order valence-electron chi connectivity index (χ4n) is 1.33. The van der Waals surface area contributed by atoms with E-state index in [1.54, 1.807) is 6.07 Å². The fraction of sp³-hybridized carbons (Fsp3) is 0.300. The van der Waals surface area contributed by atoms with Crippen molar-refractivity contribution in [1.82, 2.24) is 19.7 Å². The highest BCUT2D eigenvalue weighted by Gasteiger charge is 2.03. The van der Waals surface area contributed by atoms with Crippen molar-refractivity contribution in [3.8, 4) is 0 Å². The molecule has 0 aliphatic heterocycles. The molecule has 0 amide bonds. The van der Waals surface area contributed by atoms with Crippen LogP contribution in [0.2, 0.25) is 0 Å². The van der Waals surface area contributed by atoms with Gasteiger partial charge in [-0.2, -0.15) is 5.10 Å². The first kappa shape index (κ1) is 11.7. The molecule has 0 bridgehead atoms. The zero-order valence-corrected chi connectivity index (χ0v) is 10.3. The predicted molar refractivity (Wildman–Crippen MR) is 68.3 cm³/mol. The number of nitrogens with zero attached hydrogens (tertiary/aromatic N) is 4. The summed E-state index contributed by atoms with van der Waals surface area (Å²) >= 11 is 1.49. The molecule has 0 aliphatic carbocycles. The van der Waals surface area contributed by atoms with E-state index >= 15 is 0 Å². The van der Waals surface area contributed by atoms with Crippen LogP contribution < -0.4 is 11.5 Å². The van der Waals surface area contributed by atoms with Crippen LogP contribution in [0.1, 0.15) is 12.5 Å². The van der Waals surface area contributed by atoms with Gasteiger partial charge in [0.2, 0.25) is 0 Å². The lowest BCUT2D eigenvalue weighted by molar-refractivity contribution is 0.659. The van der Waals surface area contributed by atoms with E-state index in [2.05, 4.69) is 15.1 Å². The summed E-state index contributed by atoms with van der Waals surface area (Å²) in [5, 5.41) is 4.78. The highest BCUT2D eigenvalue weighted by atomic mass is 32.2. The first-order valence-corrected chi connectivity index (χ1v) is 6.20. The minimum absolute atomic E-state index is 0.393. The lowest BCUT2D eigenvalue weighted by Crippen LogP contribution is -1.99. The summed E-state index contributed by atoms with van der Waals surface area (Å²) in [6.45, 7) is 2.91. The average Bonchev–Trinajstić information content (AvgIpc) is 2.73. The Morgan fingerprint density at radius 2 is 2.00 bits per heavy atom. The zero-order valence-electron chi connectivity index (χ0n) is 9.50. The topological polar surface area (TPSA) is 95.6 Å². The average molecular weight is 250 g/mol. The van der Waals surface area contributed by atoms with E-state index in [1.807, 2.05) is 24.0 Å². The fourth-order valence-corrected chi connectivity index (χ4v) is 2.11. The number of anilines is 2. The van der Waals surface area contributed by atoms with E-state index in [9.17, 15) is 0 Å². The molecule has 17 heavy (non-hydrogen) atoms. The molecule has 4 N–H and O–H groups in total. The number of nitrogen functional groups attached to an aromatic ring is 2. The summed E-state index contributed by atoms with van der Waals surface area (Å²) in [5.41, 5.74) is 12.3. The van der Waals surface area contributed by atoms with E-state index in [-0.39, 0.29) is 0 Å². The summed E-state index contributed by atoms with van der Waals surface area (Å²) in [7, 11) is 0. The van der Waals surface area contributed by atoms with Crippen LogP contribution in [0.4, 0.5) is 11.6 Å². The molecule has 0 aliphatic rings. The number of nitrogens with two attached hydrogens (primary N) is 2. The Labute approximate surface area is 103 Å². The van der Waals surface area contributed by atoms with Crippen LogP contribution in [-0.4, -0.2) is 19.7 Å². The largest absolute Gasteiger partial charge is 0.383 e. The Hall–Kier alpha value is -1.76. The summed E-state index contributed by atoms with van der Waals surface area (Å²) in [6, 6.07) is 1.54. The third kappa shape index (κ3) is 3.10. The van der Waals surface area contributed by atoms with Crippen molar-refractivity contribution in [3.63, 3.8) is 0 Å². The highest BCUT2D eigenvalue weighted by Crippen LogP contribution is 2.20. The summed E-state index contributed by atoms with van der Waals surface area (Å²) in [4.78, 5) is 8.20. The normalized spacial score (nSPS) is 10.6. The maximum absolute atomic E-state index is 5.59. The van der Waals surface area contributed by atoms with Gasteiger partial charge in [-0.1, -0.05) is 11.8 Å². The molecule has 0 radical (unpaired) electrons. The molecule has 7 heteroatoms. The van der Waals surface area contributed by atoms with Crippen molar-refractivity contribution in [2.75, 3.05) is 11.5 Å². The Morgan fingerprint density at radius 1 is 1.29 bits per heavy atom. The third-order valence-electron chi connectivity index (χ3n) is 2.12. The molecule has 2 aromatic rings. The van der Waals surface area contributed by atoms with Gasteiger partial charge < -0.3 is 11.5 Å². The van der Waals surface area contributed by atoms with Gasteiger partial charge in [0.15, 0.2) is 5.16 Å². The smallest absolute Gasteiger partial charge is 0.191 e. The third-order valence-corrected chi connectivity index (χ3v) is 3.04. The van der Waals surface area contributed by atoms with Gasteiger partial charge in [-0.15, -0.1) is 0 Å². The standard InChI is InChI=1S/C10H14N6S/c1-2-16-5-7(4-13-16)6-17-10-14-8(11)3-9(12)15-10/h3-5H,2,6H2,1H3,(H4,11,12,14,15). The van der Waals surface area contributed by atoms with Crippen LogP contribution in [0, 0.1) is 0 Å². The van der Waals surface area contributed by atoms with E-state index in [1.165, 1.54) is 11.8 Å². The molecule has 90 valence electrons. The minimum atomic E-state index is 0.393. The molecule has 2 rings (SSSR count). The molecule has 2 aromatic heterocycles. The maximum Gasteiger partial charge on any atom is 0.191 e. The summed E-state index contributed by atoms with van der Waals surface area (Å²) < 4.78 is 1.88. The molecule has 0 saturated carbocycles. The van der Waals surface area contributed by atoms with Crippen LogP contribution in [0.15, 0.2) is 23.6 Å². The van der Waals surface area contributed by atoms with Crippen molar-refractivity contribution in [1.29, 1.82) is 0 Å². The first-order valence-electron chi connectivity index (χ1n) is 5.21. The van der Waals surface area contributed by atoms with Gasteiger partial charge in [0.25, 0.3) is 0 Å². The molecule has 0 aromatic carbocycles. The number of thioether (sulfide) groups is 1. The highest BCUT2D eigenvalue weighted by molar-refractivity contribution is 7.98. The van der Waals surface area contributed by atoms with E-state index in [0.717, 1.165) is 17.9 Å². The van der Waals surface area contributed by atoms with Gasteiger partial charge in [-0.3, -0.25) is 4.68 Å². The van der Waals surface area contributed by atoms with E-state index in [0.29, 0.717) is 16.8 Å². The van der Waals surface area contributed by atoms with Crippen molar-refractivity contribution < 1.29 is 0 Å². The molecular formula is C10H14N6S. The summed E-state index contributed by atoms with van der Waals surface area (Å²) in [5.74, 6) is 1.54. The number of aryl methyl sites for hydroxylation is 1. The molecule has 0 unspecified atom stereocenters. The van der Waals surface area contributed by atoms with Gasteiger partial charge in [-0.25, -0.2) is 9.97 Å². The molecule has 6 nitrogen and oxygen atoms in total. The van der Waals surface area contributed by atoms with E-state index < -0.39 is 0 Å².